The van der Waals surface area contributed by atoms with E-state index in [1.807, 2.05) is 6.92 Å². The number of esters is 1. The Morgan fingerprint density at radius 3 is 1.41 bits per heavy atom. The lowest BCUT2D eigenvalue weighted by atomic mass is 10.0. The van der Waals surface area contributed by atoms with Crippen molar-refractivity contribution in [3.63, 3.8) is 0 Å². The van der Waals surface area contributed by atoms with Crippen molar-refractivity contribution in [2.45, 2.75) is 310 Å². The third-order valence-corrected chi connectivity index (χ3v) is 15.1. The van der Waals surface area contributed by atoms with E-state index in [1.165, 1.54) is 210 Å². The van der Waals surface area contributed by atoms with Crippen LogP contribution in [0.1, 0.15) is 307 Å². The highest BCUT2D eigenvalue weighted by molar-refractivity contribution is 5.99. The molecule has 1 saturated heterocycles. The number of rotatable bonds is 47. The molecule has 3 atom stereocenters. The molecule has 1 fully saturated rings. The highest BCUT2D eigenvalue weighted by atomic mass is 16.6. The molecule has 1 aromatic carbocycles. The van der Waals surface area contributed by atoms with E-state index in [0.29, 0.717) is 30.0 Å². The summed E-state index contributed by atoms with van der Waals surface area (Å²) in [6.45, 7) is 10.3. The van der Waals surface area contributed by atoms with Crippen LogP contribution < -0.4 is 20.7 Å². The molecule has 0 N–H and O–H groups in total. The summed E-state index contributed by atoms with van der Waals surface area (Å²) < 4.78 is 26.6. The number of aryl methyl sites for hydroxylation is 1. The van der Waals surface area contributed by atoms with Gasteiger partial charge in [-0.2, -0.15) is 4.57 Å². The van der Waals surface area contributed by atoms with Crippen LogP contribution in [0.15, 0.2) is 34.0 Å². The summed E-state index contributed by atoms with van der Waals surface area (Å²) >= 11 is 0. The predicted molar refractivity (Wildman–Crippen MR) is 303 cm³/mol. The van der Waals surface area contributed by atoms with Crippen LogP contribution >= 0.6 is 0 Å². The first-order valence-electron chi connectivity index (χ1n) is 30.7. The molecule has 0 amide bonds. The molecule has 1 aliphatic rings. The van der Waals surface area contributed by atoms with Crippen molar-refractivity contribution in [1.82, 2.24) is 9.13 Å². The smallest absolute Gasteiger partial charge is 0.340 e. The number of hydrogen-bond acceptors (Lipinski definition) is 9. The Kier molecular flexibility index (Phi) is 36.1. The second-order valence-electron chi connectivity index (χ2n) is 21.8. The Hall–Kier alpha value is -3.73. The maximum absolute atomic E-state index is 14.6. The number of carbonyl (C=O) groups is 3. The SMILES string of the molecule is CCCCCCCCCCCCCCCCCCCCOc1cccc(C(=O)n2c(=O)c(C)cn([C@H]3CC(OC(=O)CCC(C)=O)[C@@H](CC)O3)c2=O)c1OCCCCCCCCCCCCCCCCCCCC. The zero-order valence-electron chi connectivity index (χ0n) is 47.8. The molecule has 0 saturated carbocycles. The van der Waals surface area contributed by atoms with Crippen molar-refractivity contribution in [3.05, 3.63) is 56.4 Å². The Labute approximate surface area is 449 Å². The predicted octanol–water partition coefficient (Wildman–Crippen LogP) is 16.8. The van der Waals surface area contributed by atoms with E-state index >= 15 is 0 Å². The van der Waals surface area contributed by atoms with Gasteiger partial charge >= 0.3 is 11.7 Å². The zero-order valence-corrected chi connectivity index (χ0v) is 47.8. The minimum Gasteiger partial charge on any atom is -0.490 e. The molecule has 0 radical (unpaired) electrons. The number of nitrogens with zero attached hydrogens (tertiary/aromatic N) is 2. The molecule has 0 spiro atoms. The number of hydrogen-bond donors (Lipinski definition) is 0. The average molecular weight is 1040 g/mol. The van der Waals surface area contributed by atoms with E-state index in [9.17, 15) is 24.0 Å². The molecule has 0 bridgehead atoms. The van der Waals surface area contributed by atoms with E-state index < -0.39 is 41.6 Å². The van der Waals surface area contributed by atoms with E-state index in [0.717, 1.165) is 38.5 Å². The first-order valence-corrected chi connectivity index (χ1v) is 30.7. The average Bonchev–Trinajstić information content (AvgIpc) is 3.80. The summed E-state index contributed by atoms with van der Waals surface area (Å²) in [4.78, 5) is 66.6. The molecule has 0 aliphatic carbocycles. The molecular formula is C63H106N2O9. The maximum Gasteiger partial charge on any atom is 0.340 e. The third kappa shape index (κ3) is 26.8. The number of ketones is 1. The van der Waals surface area contributed by atoms with E-state index in [4.69, 9.17) is 18.9 Å². The fourth-order valence-electron chi connectivity index (χ4n) is 10.4. The van der Waals surface area contributed by atoms with Crippen LogP contribution in [-0.2, 0) is 19.1 Å². The third-order valence-electron chi connectivity index (χ3n) is 15.1. The second kappa shape index (κ2) is 41.4. The molecule has 1 unspecified atom stereocenters. The van der Waals surface area contributed by atoms with Crippen LogP contribution in [0.3, 0.4) is 0 Å². The molecule has 3 rings (SSSR count). The lowest BCUT2D eigenvalue weighted by Crippen LogP contribution is -2.45. The number of ether oxygens (including phenoxy) is 4. The molecule has 11 heteroatoms. The van der Waals surface area contributed by atoms with Gasteiger partial charge in [-0.3, -0.25) is 19.0 Å². The largest absolute Gasteiger partial charge is 0.490 e. The van der Waals surface area contributed by atoms with Crippen LogP contribution in [0.25, 0.3) is 0 Å². The van der Waals surface area contributed by atoms with Crippen LogP contribution in [0, 0.1) is 6.92 Å². The first-order chi connectivity index (χ1) is 36.1. The Balaban J connectivity index is 1.55. The van der Waals surface area contributed by atoms with Gasteiger partial charge < -0.3 is 23.7 Å². The lowest BCUT2D eigenvalue weighted by molar-refractivity contribution is -0.152. The van der Waals surface area contributed by atoms with E-state index in [1.54, 1.807) is 25.1 Å². The summed E-state index contributed by atoms with van der Waals surface area (Å²) in [7, 11) is 0. The molecule has 74 heavy (non-hydrogen) atoms. The molecular weight excluding hydrogens is 929 g/mol. The minimum absolute atomic E-state index is 0.0440. The van der Waals surface area contributed by atoms with Gasteiger partial charge in [-0.15, -0.1) is 0 Å². The summed E-state index contributed by atoms with van der Waals surface area (Å²) in [6.07, 6.45) is 46.5. The highest BCUT2D eigenvalue weighted by Crippen LogP contribution is 2.34. The normalized spacial score (nSPS) is 15.4. The van der Waals surface area contributed by atoms with Gasteiger partial charge in [-0.25, -0.2) is 4.79 Å². The van der Waals surface area contributed by atoms with Crippen LogP contribution in [0.2, 0.25) is 0 Å². The maximum atomic E-state index is 14.6. The van der Waals surface area contributed by atoms with Crippen molar-refractivity contribution in [2.75, 3.05) is 13.2 Å². The Bertz CT molecular complexity index is 1920. The van der Waals surface area contributed by atoms with Gasteiger partial charge in [-0.1, -0.05) is 245 Å². The number of aromatic nitrogens is 2. The van der Waals surface area contributed by atoms with Gasteiger partial charge in [0.1, 0.15) is 18.1 Å². The second-order valence-corrected chi connectivity index (χ2v) is 21.8. The molecule has 1 aliphatic heterocycles. The van der Waals surface area contributed by atoms with Crippen molar-refractivity contribution in [1.29, 1.82) is 0 Å². The fraction of sp³-hybridized carbons (Fsp3) is 0.794. The monoisotopic (exact) mass is 1030 g/mol. The van der Waals surface area contributed by atoms with Crippen LogP contribution in [0.5, 0.6) is 11.5 Å². The standard InChI is InChI=1S/C63H106N2O9/c1-6-9-11-13-15-17-19-21-23-25-27-29-31-33-35-37-39-41-48-71-56-45-43-44-54(60(56)72-49-42-40-38-36-34-32-30-28-26-24-22-20-18-16-14-12-10-7-2)62(69)65-61(68)52(4)51-64(63(65)70)58-50-57(55(8-3)73-58)74-59(67)47-46-53(5)66/h43-45,51,55,57-58H,6-42,46-50H2,1-5H3/t55-,57?,58-/m1/s1. The Morgan fingerprint density at radius 2 is 0.986 bits per heavy atom. The zero-order chi connectivity index (χ0) is 53.4. The van der Waals surface area contributed by atoms with Gasteiger partial charge in [-0.05, 0) is 45.2 Å². The molecule has 2 heterocycles. The molecule has 11 nitrogen and oxygen atoms in total. The summed E-state index contributed by atoms with van der Waals surface area (Å²) in [6, 6.07) is 5.09. The van der Waals surface area contributed by atoms with Gasteiger partial charge in [0.05, 0.1) is 31.3 Å². The van der Waals surface area contributed by atoms with Gasteiger partial charge in [0.2, 0.25) is 0 Å². The molecule has 2 aromatic rings. The molecule has 1 aromatic heterocycles. The van der Waals surface area contributed by atoms with E-state index in [-0.39, 0.29) is 41.9 Å². The van der Waals surface area contributed by atoms with Gasteiger partial charge in [0.15, 0.2) is 11.5 Å². The topological polar surface area (TPSA) is 132 Å². The number of carbonyl (C=O) groups excluding carboxylic acids is 3. The first kappa shape index (κ1) is 64.6. The number of benzene rings is 1. The van der Waals surface area contributed by atoms with Crippen molar-refractivity contribution < 1.29 is 33.3 Å². The fourth-order valence-corrected chi connectivity index (χ4v) is 10.4. The summed E-state index contributed by atoms with van der Waals surface area (Å²) in [5, 5.41) is 0. The highest BCUT2D eigenvalue weighted by Gasteiger charge is 2.39. The van der Waals surface area contributed by atoms with Crippen molar-refractivity contribution in [3.8, 4) is 11.5 Å². The van der Waals surface area contributed by atoms with Crippen LogP contribution in [-0.4, -0.2) is 52.2 Å². The van der Waals surface area contributed by atoms with Crippen molar-refractivity contribution in [2.24, 2.45) is 0 Å². The Morgan fingerprint density at radius 1 is 0.568 bits per heavy atom. The number of Topliss-reactive ketones (excluding diaryl/α,β-unsaturated/α-hetero) is 1. The molecule has 422 valence electrons. The quantitative estimate of drug-likeness (QED) is 0.0469. The minimum atomic E-state index is -0.888. The van der Waals surface area contributed by atoms with Gasteiger partial charge in [0, 0.05) is 24.6 Å². The van der Waals surface area contributed by atoms with E-state index in [2.05, 4.69) is 13.8 Å². The number of para-hydroxylation sites is 1. The van der Waals surface area contributed by atoms with Gasteiger partial charge in [0.25, 0.3) is 11.5 Å². The van der Waals surface area contributed by atoms with Crippen LogP contribution in [0.4, 0.5) is 0 Å². The van der Waals surface area contributed by atoms with Crippen molar-refractivity contribution >= 4 is 17.7 Å². The lowest BCUT2D eigenvalue weighted by Gasteiger charge is -2.19. The summed E-state index contributed by atoms with van der Waals surface area (Å²) in [5.74, 6) is -0.768. The number of unbranched alkanes of at least 4 members (excludes halogenated alkanes) is 34. The summed E-state index contributed by atoms with van der Waals surface area (Å²) in [5.41, 5.74) is -1.32.